The van der Waals surface area contributed by atoms with Crippen LogP contribution in [0.15, 0.2) is 60.7 Å². The van der Waals surface area contributed by atoms with Gasteiger partial charge in [-0.1, -0.05) is 60.7 Å². The Morgan fingerprint density at radius 3 is 2.62 bits per heavy atom. The van der Waals surface area contributed by atoms with Gasteiger partial charge in [-0.15, -0.1) is 0 Å². The van der Waals surface area contributed by atoms with E-state index >= 15 is 0 Å². The standard InChI is InChI=1S/C23H27NO2/c1-18-9-5-6-13-21(18)22(19-10-3-2-4-11-19)14-8-16-24-15-7-12-20(17-24)23(25)26/h2-6,9-11,13-14,20H,7-8,12,15-17H2,1H3,(H,25,26)/b22-14+/t20-/m1/s1. The van der Waals surface area contributed by atoms with Gasteiger partial charge in [0.1, 0.15) is 0 Å². The van der Waals surface area contributed by atoms with E-state index in [9.17, 15) is 9.90 Å². The van der Waals surface area contributed by atoms with Crippen LogP contribution < -0.4 is 0 Å². The van der Waals surface area contributed by atoms with Gasteiger partial charge >= 0.3 is 5.97 Å². The van der Waals surface area contributed by atoms with Crippen LogP contribution >= 0.6 is 0 Å². The average Bonchev–Trinajstić information content (AvgIpc) is 2.67. The summed E-state index contributed by atoms with van der Waals surface area (Å²) in [5.41, 5.74) is 5.02. The number of piperidine rings is 1. The van der Waals surface area contributed by atoms with Crippen LogP contribution in [0.3, 0.4) is 0 Å². The summed E-state index contributed by atoms with van der Waals surface area (Å²) in [6.45, 7) is 4.73. The van der Waals surface area contributed by atoms with E-state index in [1.807, 2.05) is 6.07 Å². The molecule has 0 unspecified atom stereocenters. The van der Waals surface area contributed by atoms with Gasteiger partial charge in [0.25, 0.3) is 0 Å². The lowest BCUT2D eigenvalue weighted by Crippen LogP contribution is -2.39. The van der Waals surface area contributed by atoms with Crippen molar-refractivity contribution in [1.82, 2.24) is 4.90 Å². The van der Waals surface area contributed by atoms with E-state index in [0.29, 0.717) is 6.54 Å². The highest BCUT2D eigenvalue weighted by Gasteiger charge is 2.24. The van der Waals surface area contributed by atoms with E-state index in [4.69, 9.17) is 0 Å². The molecule has 0 spiro atoms. The Hall–Kier alpha value is -2.39. The summed E-state index contributed by atoms with van der Waals surface area (Å²) < 4.78 is 0. The first-order chi connectivity index (χ1) is 12.6. The number of rotatable bonds is 6. The molecule has 0 bridgehead atoms. The lowest BCUT2D eigenvalue weighted by Gasteiger charge is -2.30. The van der Waals surface area contributed by atoms with Gasteiger partial charge in [0.15, 0.2) is 0 Å². The maximum atomic E-state index is 11.3. The quantitative estimate of drug-likeness (QED) is 0.828. The zero-order valence-corrected chi connectivity index (χ0v) is 15.4. The molecule has 3 heteroatoms. The summed E-state index contributed by atoms with van der Waals surface area (Å²) in [7, 11) is 0. The van der Waals surface area contributed by atoms with Crippen molar-refractivity contribution in [1.29, 1.82) is 0 Å². The van der Waals surface area contributed by atoms with Crippen LogP contribution in [-0.4, -0.2) is 35.6 Å². The number of likely N-dealkylation sites (tertiary alicyclic amines) is 1. The van der Waals surface area contributed by atoms with Gasteiger partial charge in [-0.05, 0) is 55.0 Å². The topological polar surface area (TPSA) is 40.5 Å². The van der Waals surface area contributed by atoms with Gasteiger partial charge < -0.3 is 10.0 Å². The van der Waals surface area contributed by atoms with Crippen LogP contribution in [0.2, 0.25) is 0 Å². The van der Waals surface area contributed by atoms with Crippen molar-refractivity contribution in [3.63, 3.8) is 0 Å². The van der Waals surface area contributed by atoms with Crippen LogP contribution in [0, 0.1) is 12.8 Å². The molecule has 3 nitrogen and oxygen atoms in total. The van der Waals surface area contributed by atoms with Crippen LogP contribution in [0.25, 0.3) is 5.57 Å². The predicted molar refractivity (Wildman–Crippen MR) is 106 cm³/mol. The van der Waals surface area contributed by atoms with Gasteiger partial charge in [0.2, 0.25) is 0 Å². The average molecular weight is 349 g/mol. The molecule has 0 aromatic heterocycles. The highest BCUT2D eigenvalue weighted by atomic mass is 16.4. The highest BCUT2D eigenvalue weighted by molar-refractivity contribution is 5.81. The predicted octanol–water partition coefficient (Wildman–Crippen LogP) is 4.61. The van der Waals surface area contributed by atoms with E-state index in [0.717, 1.165) is 32.4 Å². The van der Waals surface area contributed by atoms with E-state index < -0.39 is 5.97 Å². The summed E-state index contributed by atoms with van der Waals surface area (Å²) in [4.78, 5) is 13.5. The number of hydrogen-bond acceptors (Lipinski definition) is 2. The molecule has 1 aliphatic rings. The van der Waals surface area contributed by atoms with E-state index in [1.54, 1.807) is 0 Å². The molecule has 26 heavy (non-hydrogen) atoms. The Kier molecular flexibility index (Phi) is 6.24. The van der Waals surface area contributed by atoms with Crippen molar-refractivity contribution in [2.45, 2.75) is 26.2 Å². The van der Waals surface area contributed by atoms with Crippen molar-refractivity contribution in [2.75, 3.05) is 19.6 Å². The Balaban J connectivity index is 1.75. The molecule has 0 saturated carbocycles. The third-order valence-electron chi connectivity index (χ3n) is 5.17. The minimum atomic E-state index is -0.657. The second kappa shape index (κ2) is 8.81. The first-order valence-electron chi connectivity index (χ1n) is 9.42. The monoisotopic (exact) mass is 349 g/mol. The minimum absolute atomic E-state index is 0.210. The van der Waals surface area contributed by atoms with Gasteiger partial charge in [0.05, 0.1) is 5.92 Å². The smallest absolute Gasteiger partial charge is 0.307 e. The van der Waals surface area contributed by atoms with Crippen LogP contribution in [-0.2, 0) is 4.79 Å². The van der Waals surface area contributed by atoms with Crippen LogP contribution in [0.1, 0.15) is 36.0 Å². The first kappa shape index (κ1) is 18.4. The molecule has 1 fully saturated rings. The number of carbonyl (C=O) groups is 1. The van der Waals surface area contributed by atoms with E-state index in [1.165, 1.54) is 22.3 Å². The summed E-state index contributed by atoms with van der Waals surface area (Å²) in [5.74, 6) is -0.868. The molecule has 1 heterocycles. The molecule has 2 aromatic carbocycles. The first-order valence-corrected chi connectivity index (χ1v) is 9.42. The zero-order chi connectivity index (χ0) is 18.4. The number of aliphatic carboxylic acids is 1. The number of nitrogens with zero attached hydrogens (tertiary/aromatic N) is 1. The molecule has 1 N–H and O–H groups in total. The molecular weight excluding hydrogens is 322 g/mol. The number of carboxylic acids is 1. The van der Waals surface area contributed by atoms with E-state index in [2.05, 4.69) is 66.4 Å². The van der Waals surface area contributed by atoms with Gasteiger partial charge in [0, 0.05) is 13.1 Å². The fraction of sp³-hybridized carbons (Fsp3) is 0.348. The minimum Gasteiger partial charge on any atom is -0.481 e. The third kappa shape index (κ3) is 4.61. The highest BCUT2D eigenvalue weighted by Crippen LogP contribution is 2.27. The summed E-state index contributed by atoms with van der Waals surface area (Å²) in [5, 5.41) is 9.26. The summed E-state index contributed by atoms with van der Waals surface area (Å²) >= 11 is 0. The normalized spacial score (nSPS) is 18.7. The maximum Gasteiger partial charge on any atom is 0.307 e. The second-order valence-corrected chi connectivity index (χ2v) is 7.07. The summed E-state index contributed by atoms with van der Waals surface area (Å²) in [6, 6.07) is 19.0. The molecule has 136 valence electrons. The van der Waals surface area contributed by atoms with Gasteiger partial charge in [-0.3, -0.25) is 4.79 Å². The molecule has 0 amide bonds. The Morgan fingerprint density at radius 1 is 1.15 bits per heavy atom. The number of benzene rings is 2. The Labute approximate surface area is 156 Å². The van der Waals surface area contributed by atoms with Crippen LogP contribution in [0.5, 0.6) is 0 Å². The molecule has 1 aliphatic heterocycles. The molecule has 1 saturated heterocycles. The molecule has 1 atom stereocenters. The maximum absolute atomic E-state index is 11.3. The Morgan fingerprint density at radius 2 is 1.88 bits per heavy atom. The summed E-state index contributed by atoms with van der Waals surface area (Å²) in [6.07, 6.45) is 5.01. The van der Waals surface area contributed by atoms with Crippen molar-refractivity contribution in [2.24, 2.45) is 5.92 Å². The fourth-order valence-electron chi connectivity index (χ4n) is 3.73. The van der Waals surface area contributed by atoms with Crippen molar-refractivity contribution in [3.8, 4) is 0 Å². The van der Waals surface area contributed by atoms with Crippen molar-refractivity contribution in [3.05, 3.63) is 77.4 Å². The Bertz CT molecular complexity index is 767. The second-order valence-electron chi connectivity index (χ2n) is 7.07. The largest absolute Gasteiger partial charge is 0.481 e. The lowest BCUT2D eigenvalue weighted by molar-refractivity contribution is -0.143. The van der Waals surface area contributed by atoms with Gasteiger partial charge in [-0.25, -0.2) is 0 Å². The van der Waals surface area contributed by atoms with Crippen molar-refractivity contribution >= 4 is 11.5 Å². The molecule has 3 rings (SSSR count). The van der Waals surface area contributed by atoms with E-state index in [-0.39, 0.29) is 5.92 Å². The molecule has 0 aliphatic carbocycles. The SMILES string of the molecule is Cc1ccccc1/C(=C/CCN1CCC[C@@H](C(=O)O)C1)c1ccccc1. The van der Waals surface area contributed by atoms with Crippen molar-refractivity contribution < 1.29 is 9.90 Å². The fourth-order valence-corrected chi connectivity index (χ4v) is 3.73. The van der Waals surface area contributed by atoms with Crippen LogP contribution in [0.4, 0.5) is 0 Å². The third-order valence-corrected chi connectivity index (χ3v) is 5.17. The zero-order valence-electron chi connectivity index (χ0n) is 15.4. The number of aryl methyl sites for hydroxylation is 1. The number of hydrogen-bond donors (Lipinski definition) is 1. The lowest BCUT2D eigenvalue weighted by atomic mass is 9.93. The molecular formula is C23H27NO2. The van der Waals surface area contributed by atoms with Gasteiger partial charge in [-0.2, -0.15) is 0 Å². The molecule has 2 aromatic rings. The number of carboxylic acid groups (broad SMARTS) is 1. The molecule has 0 radical (unpaired) electrons.